The Bertz CT molecular complexity index is 720. The molecule has 1 N–H and O–H groups in total. The summed E-state index contributed by atoms with van der Waals surface area (Å²) in [6, 6.07) is 18.0. The summed E-state index contributed by atoms with van der Waals surface area (Å²) in [5.41, 5.74) is 3.33. The monoisotopic (exact) mass is 314 g/mol. The van der Waals surface area contributed by atoms with Crippen molar-refractivity contribution in [2.75, 3.05) is 5.32 Å². The van der Waals surface area contributed by atoms with Gasteiger partial charge in [0.15, 0.2) is 5.13 Å². The van der Waals surface area contributed by atoms with Crippen LogP contribution in [-0.4, -0.2) is 4.98 Å². The molecule has 0 radical (unpaired) electrons. The molecule has 1 heterocycles. The van der Waals surface area contributed by atoms with Gasteiger partial charge in [0.05, 0.1) is 10.6 Å². The summed E-state index contributed by atoms with van der Waals surface area (Å²) < 4.78 is 0. The zero-order valence-corrected chi connectivity index (χ0v) is 13.2. The smallest absolute Gasteiger partial charge is 0.187 e. The summed E-state index contributed by atoms with van der Waals surface area (Å²) in [4.78, 5) is 5.90. The van der Waals surface area contributed by atoms with Gasteiger partial charge in [0.2, 0.25) is 0 Å². The molecule has 1 aromatic heterocycles. The van der Waals surface area contributed by atoms with Crippen molar-refractivity contribution in [1.82, 2.24) is 4.98 Å². The van der Waals surface area contributed by atoms with Gasteiger partial charge in [-0.05, 0) is 36.2 Å². The van der Waals surface area contributed by atoms with Crippen LogP contribution in [0.1, 0.15) is 12.6 Å². The molecule has 0 fully saturated rings. The van der Waals surface area contributed by atoms with Crippen molar-refractivity contribution in [2.45, 2.75) is 13.3 Å². The number of benzene rings is 2. The third kappa shape index (κ3) is 3.26. The number of hydrogen-bond acceptors (Lipinski definition) is 3. The lowest BCUT2D eigenvalue weighted by Crippen LogP contribution is -1.89. The minimum Gasteiger partial charge on any atom is -0.332 e. The maximum atomic E-state index is 5.96. The zero-order valence-electron chi connectivity index (χ0n) is 11.6. The molecule has 21 heavy (non-hydrogen) atoms. The van der Waals surface area contributed by atoms with Gasteiger partial charge in [-0.3, -0.25) is 0 Å². The number of thiazole rings is 1. The van der Waals surface area contributed by atoms with Gasteiger partial charge in [0.25, 0.3) is 0 Å². The average Bonchev–Trinajstić information content (AvgIpc) is 2.92. The molecule has 106 valence electrons. The van der Waals surface area contributed by atoms with Gasteiger partial charge >= 0.3 is 0 Å². The van der Waals surface area contributed by atoms with Crippen LogP contribution < -0.4 is 5.32 Å². The van der Waals surface area contributed by atoms with Gasteiger partial charge in [-0.1, -0.05) is 60.2 Å². The Hall–Kier alpha value is -1.84. The van der Waals surface area contributed by atoms with E-state index in [-0.39, 0.29) is 0 Å². The molecule has 4 heteroatoms. The van der Waals surface area contributed by atoms with Gasteiger partial charge in [-0.15, -0.1) is 0 Å². The first-order chi connectivity index (χ1) is 10.3. The highest BCUT2D eigenvalue weighted by Gasteiger charge is 2.11. The van der Waals surface area contributed by atoms with E-state index in [4.69, 9.17) is 16.6 Å². The Morgan fingerprint density at radius 3 is 2.43 bits per heavy atom. The third-order valence-electron chi connectivity index (χ3n) is 3.16. The molecule has 0 amide bonds. The molecule has 3 rings (SSSR count). The van der Waals surface area contributed by atoms with E-state index in [1.54, 1.807) is 11.3 Å². The topological polar surface area (TPSA) is 24.9 Å². The number of aromatic nitrogens is 1. The first-order valence-corrected chi connectivity index (χ1v) is 8.03. The Balaban J connectivity index is 1.93. The van der Waals surface area contributed by atoms with Crippen molar-refractivity contribution in [3.05, 3.63) is 65.3 Å². The highest BCUT2D eigenvalue weighted by atomic mass is 35.5. The maximum Gasteiger partial charge on any atom is 0.187 e. The highest BCUT2D eigenvalue weighted by Crippen LogP contribution is 2.35. The molecule has 0 saturated carbocycles. The summed E-state index contributed by atoms with van der Waals surface area (Å²) in [5.74, 6) is 0. The Kier molecular flexibility index (Phi) is 4.23. The number of aryl methyl sites for hydroxylation is 1. The second-order valence-electron chi connectivity index (χ2n) is 4.65. The van der Waals surface area contributed by atoms with E-state index in [1.165, 1.54) is 4.88 Å². The number of hydrogen-bond donors (Lipinski definition) is 1. The van der Waals surface area contributed by atoms with Gasteiger partial charge < -0.3 is 5.32 Å². The summed E-state index contributed by atoms with van der Waals surface area (Å²) in [5, 5.41) is 5.03. The normalized spacial score (nSPS) is 10.6. The second kappa shape index (κ2) is 6.29. The van der Waals surface area contributed by atoms with E-state index in [1.807, 2.05) is 54.6 Å². The maximum absolute atomic E-state index is 5.96. The van der Waals surface area contributed by atoms with E-state index in [0.29, 0.717) is 0 Å². The molecule has 0 bridgehead atoms. The first kappa shape index (κ1) is 14.1. The number of halogens is 1. The molecule has 0 aliphatic heterocycles. The Morgan fingerprint density at radius 2 is 1.76 bits per heavy atom. The molecule has 3 aromatic rings. The van der Waals surface area contributed by atoms with Gasteiger partial charge in [-0.2, -0.15) is 0 Å². The minimum absolute atomic E-state index is 0.754. The van der Waals surface area contributed by atoms with Crippen molar-refractivity contribution in [3.63, 3.8) is 0 Å². The molecule has 2 aromatic carbocycles. The summed E-state index contributed by atoms with van der Waals surface area (Å²) in [6.07, 6.45) is 0.908. The van der Waals surface area contributed by atoms with Crippen molar-refractivity contribution in [2.24, 2.45) is 0 Å². The lowest BCUT2D eigenvalue weighted by Gasteiger charge is -2.00. The molecule has 0 aliphatic rings. The van der Waals surface area contributed by atoms with Crippen molar-refractivity contribution in [1.29, 1.82) is 0 Å². The van der Waals surface area contributed by atoms with Gasteiger partial charge in [0, 0.05) is 10.7 Å². The van der Waals surface area contributed by atoms with E-state index in [0.717, 1.165) is 33.5 Å². The lowest BCUT2D eigenvalue weighted by molar-refractivity contribution is 1.07. The second-order valence-corrected chi connectivity index (χ2v) is 6.08. The molecule has 0 atom stereocenters. The molecule has 2 nitrogen and oxygen atoms in total. The van der Waals surface area contributed by atoms with Crippen LogP contribution in [0.3, 0.4) is 0 Å². The van der Waals surface area contributed by atoms with Crippen LogP contribution in [0, 0.1) is 0 Å². The lowest BCUT2D eigenvalue weighted by atomic mass is 10.1. The Morgan fingerprint density at radius 1 is 1.05 bits per heavy atom. The van der Waals surface area contributed by atoms with Crippen molar-refractivity contribution >= 4 is 33.8 Å². The molecule has 0 aliphatic carbocycles. The number of para-hydroxylation sites is 1. The average molecular weight is 315 g/mol. The van der Waals surface area contributed by atoms with Crippen LogP contribution in [-0.2, 0) is 6.42 Å². The quantitative estimate of drug-likeness (QED) is 0.661. The summed E-state index contributed by atoms with van der Waals surface area (Å²) in [7, 11) is 0. The fourth-order valence-corrected chi connectivity index (χ4v) is 3.32. The SMILES string of the molecule is CCc1nc(Nc2ccccc2)sc1-c1ccc(Cl)cc1. The molecule has 0 saturated heterocycles. The molecule has 0 unspecified atom stereocenters. The van der Waals surface area contributed by atoms with Crippen LogP contribution in [0.25, 0.3) is 10.4 Å². The number of rotatable bonds is 4. The minimum atomic E-state index is 0.754. The fraction of sp³-hybridized carbons (Fsp3) is 0.118. The van der Waals surface area contributed by atoms with Gasteiger partial charge in [-0.25, -0.2) is 4.98 Å². The molecule has 0 spiro atoms. The van der Waals surface area contributed by atoms with Crippen molar-refractivity contribution < 1.29 is 0 Å². The third-order valence-corrected chi connectivity index (χ3v) is 4.48. The van der Waals surface area contributed by atoms with E-state index < -0.39 is 0 Å². The number of anilines is 2. The van der Waals surface area contributed by atoms with Crippen LogP contribution in [0.4, 0.5) is 10.8 Å². The van der Waals surface area contributed by atoms with E-state index in [2.05, 4.69) is 12.2 Å². The predicted octanol–water partition coefficient (Wildman–Crippen LogP) is 5.77. The van der Waals surface area contributed by atoms with Crippen LogP contribution in [0.15, 0.2) is 54.6 Å². The summed E-state index contributed by atoms with van der Waals surface area (Å²) in [6.45, 7) is 2.13. The molecular formula is C17H15ClN2S. The number of nitrogens with one attached hydrogen (secondary N) is 1. The Labute approximate surface area is 133 Å². The fourth-order valence-electron chi connectivity index (χ4n) is 2.12. The van der Waals surface area contributed by atoms with Crippen LogP contribution in [0.5, 0.6) is 0 Å². The van der Waals surface area contributed by atoms with Crippen molar-refractivity contribution in [3.8, 4) is 10.4 Å². The summed E-state index contributed by atoms with van der Waals surface area (Å²) >= 11 is 7.63. The molecular weight excluding hydrogens is 300 g/mol. The zero-order chi connectivity index (χ0) is 14.7. The highest BCUT2D eigenvalue weighted by molar-refractivity contribution is 7.19. The van der Waals surface area contributed by atoms with Crippen LogP contribution >= 0.6 is 22.9 Å². The standard InChI is InChI=1S/C17H15ClN2S/c1-2-15-16(12-8-10-13(18)11-9-12)21-17(20-15)19-14-6-4-3-5-7-14/h3-11H,2H2,1H3,(H,19,20). The first-order valence-electron chi connectivity index (χ1n) is 6.84. The number of nitrogens with zero attached hydrogens (tertiary/aromatic N) is 1. The predicted molar refractivity (Wildman–Crippen MR) is 91.7 cm³/mol. The largest absolute Gasteiger partial charge is 0.332 e. The van der Waals surface area contributed by atoms with Gasteiger partial charge in [0.1, 0.15) is 0 Å². The van der Waals surface area contributed by atoms with E-state index in [9.17, 15) is 0 Å². The van der Waals surface area contributed by atoms with E-state index >= 15 is 0 Å². The van der Waals surface area contributed by atoms with Crippen LogP contribution in [0.2, 0.25) is 5.02 Å².